The molecule has 14 heavy (non-hydrogen) atoms. The molecule has 1 N–H and O–H groups in total. The summed E-state index contributed by atoms with van der Waals surface area (Å²) in [5.74, 6) is -0.876. The molecule has 0 atom stereocenters. The van der Waals surface area contributed by atoms with Crippen molar-refractivity contribution in [1.29, 1.82) is 0 Å². The topological polar surface area (TPSA) is 37.3 Å². The number of carboxylic acid groups (broad SMARTS) is 1. The second-order valence-electron chi connectivity index (χ2n) is 3.31. The largest absolute Gasteiger partial charge is 0.478 e. The van der Waals surface area contributed by atoms with E-state index in [0.29, 0.717) is 5.56 Å². The average molecular weight is 190 g/mol. The van der Waals surface area contributed by atoms with E-state index in [-0.39, 0.29) is 0 Å². The highest BCUT2D eigenvalue weighted by molar-refractivity contribution is 5.87. The Morgan fingerprint density at radius 3 is 2.36 bits per heavy atom. The van der Waals surface area contributed by atoms with Gasteiger partial charge in [-0.05, 0) is 38.0 Å². The van der Waals surface area contributed by atoms with E-state index >= 15 is 0 Å². The van der Waals surface area contributed by atoms with Gasteiger partial charge in [0.15, 0.2) is 0 Å². The smallest absolute Gasteiger partial charge is 0.335 e. The van der Waals surface area contributed by atoms with Crippen LogP contribution in [0.3, 0.4) is 0 Å². The number of hydrogen-bond acceptors (Lipinski definition) is 1. The molecule has 0 amide bonds. The summed E-state index contributed by atoms with van der Waals surface area (Å²) in [5.41, 5.74) is 2.77. The van der Waals surface area contributed by atoms with Crippen molar-refractivity contribution in [2.24, 2.45) is 0 Å². The maximum atomic E-state index is 10.6. The van der Waals surface area contributed by atoms with Crippen LogP contribution in [0.15, 0.2) is 35.9 Å². The Hall–Kier alpha value is -1.57. The Bertz CT molecular complexity index is 347. The predicted molar refractivity (Wildman–Crippen MR) is 56.5 cm³/mol. The van der Waals surface area contributed by atoms with Crippen LogP contribution in [-0.2, 0) is 6.42 Å². The van der Waals surface area contributed by atoms with E-state index in [1.165, 1.54) is 5.57 Å². The SMILES string of the molecule is CC=C(C)Cc1ccc(C(=O)O)cc1. The number of allylic oxidation sites excluding steroid dienone is 2. The zero-order valence-electron chi connectivity index (χ0n) is 8.45. The van der Waals surface area contributed by atoms with Gasteiger partial charge in [-0.2, -0.15) is 0 Å². The number of aromatic carboxylic acids is 1. The van der Waals surface area contributed by atoms with Crippen molar-refractivity contribution in [3.63, 3.8) is 0 Å². The molecule has 0 aliphatic carbocycles. The molecule has 2 heteroatoms. The monoisotopic (exact) mass is 190 g/mol. The van der Waals surface area contributed by atoms with Crippen molar-refractivity contribution in [2.45, 2.75) is 20.3 Å². The Morgan fingerprint density at radius 1 is 1.36 bits per heavy atom. The number of rotatable bonds is 3. The number of carbonyl (C=O) groups is 1. The summed E-state index contributed by atoms with van der Waals surface area (Å²) in [6, 6.07) is 6.99. The Labute approximate surface area is 83.9 Å². The van der Waals surface area contributed by atoms with Gasteiger partial charge in [-0.3, -0.25) is 0 Å². The van der Waals surface area contributed by atoms with Gasteiger partial charge < -0.3 is 5.11 Å². The lowest BCUT2D eigenvalue weighted by Gasteiger charge is -2.01. The molecule has 1 rings (SSSR count). The van der Waals surface area contributed by atoms with Gasteiger partial charge in [0.25, 0.3) is 0 Å². The van der Waals surface area contributed by atoms with Crippen LogP contribution in [-0.4, -0.2) is 11.1 Å². The Balaban J connectivity index is 2.79. The van der Waals surface area contributed by atoms with Crippen LogP contribution < -0.4 is 0 Å². The molecule has 1 aromatic carbocycles. The summed E-state index contributed by atoms with van der Waals surface area (Å²) in [4.78, 5) is 10.6. The summed E-state index contributed by atoms with van der Waals surface area (Å²) >= 11 is 0. The molecule has 0 saturated carbocycles. The number of hydrogen-bond donors (Lipinski definition) is 1. The molecule has 2 nitrogen and oxygen atoms in total. The summed E-state index contributed by atoms with van der Waals surface area (Å²) in [6.45, 7) is 4.06. The highest BCUT2D eigenvalue weighted by Gasteiger charge is 2.01. The van der Waals surface area contributed by atoms with E-state index in [0.717, 1.165) is 12.0 Å². The van der Waals surface area contributed by atoms with Crippen molar-refractivity contribution >= 4 is 5.97 Å². The van der Waals surface area contributed by atoms with Crippen LogP contribution in [0.4, 0.5) is 0 Å². The second-order valence-corrected chi connectivity index (χ2v) is 3.31. The average Bonchev–Trinajstić information content (AvgIpc) is 2.18. The maximum Gasteiger partial charge on any atom is 0.335 e. The molecular formula is C12H14O2. The first-order valence-corrected chi connectivity index (χ1v) is 4.57. The van der Waals surface area contributed by atoms with E-state index < -0.39 is 5.97 Å². The fourth-order valence-corrected chi connectivity index (χ4v) is 1.19. The third kappa shape index (κ3) is 2.73. The maximum absolute atomic E-state index is 10.6. The molecule has 0 spiro atoms. The molecule has 0 aliphatic heterocycles. The van der Waals surface area contributed by atoms with Crippen LogP contribution in [0.5, 0.6) is 0 Å². The normalized spacial score (nSPS) is 11.4. The van der Waals surface area contributed by atoms with E-state index in [4.69, 9.17) is 5.11 Å². The third-order valence-electron chi connectivity index (χ3n) is 2.18. The van der Waals surface area contributed by atoms with E-state index in [9.17, 15) is 4.79 Å². The lowest BCUT2D eigenvalue weighted by atomic mass is 10.0. The molecule has 74 valence electrons. The first-order valence-electron chi connectivity index (χ1n) is 4.57. The zero-order chi connectivity index (χ0) is 10.6. The predicted octanol–water partition coefficient (Wildman–Crippen LogP) is 2.89. The molecule has 0 bridgehead atoms. The Kier molecular flexibility index (Phi) is 3.46. The van der Waals surface area contributed by atoms with Crippen LogP contribution in [0.1, 0.15) is 29.8 Å². The van der Waals surface area contributed by atoms with Gasteiger partial charge in [0.05, 0.1) is 5.56 Å². The van der Waals surface area contributed by atoms with Crippen molar-refractivity contribution in [1.82, 2.24) is 0 Å². The molecule has 0 fully saturated rings. The first-order chi connectivity index (χ1) is 6.63. The molecular weight excluding hydrogens is 176 g/mol. The number of carboxylic acids is 1. The van der Waals surface area contributed by atoms with Gasteiger partial charge >= 0.3 is 5.97 Å². The van der Waals surface area contributed by atoms with Crippen molar-refractivity contribution in [3.05, 3.63) is 47.0 Å². The van der Waals surface area contributed by atoms with Gasteiger partial charge in [0.1, 0.15) is 0 Å². The van der Waals surface area contributed by atoms with Crippen LogP contribution >= 0.6 is 0 Å². The van der Waals surface area contributed by atoms with Gasteiger partial charge in [0.2, 0.25) is 0 Å². The zero-order valence-corrected chi connectivity index (χ0v) is 8.45. The minimum absolute atomic E-state index is 0.340. The summed E-state index contributed by atoms with van der Waals surface area (Å²) in [5, 5.41) is 8.69. The highest BCUT2D eigenvalue weighted by atomic mass is 16.4. The second kappa shape index (κ2) is 4.61. The van der Waals surface area contributed by atoms with Gasteiger partial charge in [-0.15, -0.1) is 0 Å². The van der Waals surface area contributed by atoms with E-state index in [1.54, 1.807) is 12.1 Å². The van der Waals surface area contributed by atoms with Gasteiger partial charge in [-0.1, -0.05) is 23.8 Å². The Morgan fingerprint density at radius 2 is 1.93 bits per heavy atom. The van der Waals surface area contributed by atoms with Crippen LogP contribution in [0.2, 0.25) is 0 Å². The fraction of sp³-hybridized carbons (Fsp3) is 0.250. The standard InChI is InChI=1S/C12H14O2/c1-3-9(2)8-10-4-6-11(7-5-10)12(13)14/h3-7H,8H2,1-2H3,(H,13,14). The summed E-state index contributed by atoms with van der Waals surface area (Å²) in [6.07, 6.45) is 2.95. The molecule has 0 aromatic heterocycles. The molecule has 0 saturated heterocycles. The quantitative estimate of drug-likeness (QED) is 0.744. The van der Waals surface area contributed by atoms with Crippen molar-refractivity contribution in [3.8, 4) is 0 Å². The fourth-order valence-electron chi connectivity index (χ4n) is 1.19. The molecule has 0 radical (unpaired) electrons. The minimum Gasteiger partial charge on any atom is -0.478 e. The first kappa shape index (κ1) is 10.5. The van der Waals surface area contributed by atoms with Crippen LogP contribution in [0.25, 0.3) is 0 Å². The highest BCUT2D eigenvalue weighted by Crippen LogP contribution is 2.09. The van der Waals surface area contributed by atoms with Crippen molar-refractivity contribution < 1.29 is 9.90 Å². The lowest BCUT2D eigenvalue weighted by molar-refractivity contribution is 0.0697. The van der Waals surface area contributed by atoms with Crippen molar-refractivity contribution in [2.75, 3.05) is 0 Å². The van der Waals surface area contributed by atoms with E-state index in [2.05, 4.69) is 13.0 Å². The van der Waals surface area contributed by atoms with Crippen LogP contribution in [0, 0.1) is 0 Å². The van der Waals surface area contributed by atoms with E-state index in [1.807, 2.05) is 19.1 Å². The number of benzene rings is 1. The van der Waals surface area contributed by atoms with Gasteiger partial charge in [0, 0.05) is 0 Å². The minimum atomic E-state index is -0.876. The van der Waals surface area contributed by atoms with Gasteiger partial charge in [-0.25, -0.2) is 4.79 Å². The third-order valence-corrected chi connectivity index (χ3v) is 2.18. The molecule has 0 unspecified atom stereocenters. The molecule has 1 aromatic rings. The summed E-state index contributed by atoms with van der Waals surface area (Å²) < 4.78 is 0. The molecule has 0 aliphatic rings. The lowest BCUT2D eigenvalue weighted by Crippen LogP contribution is -1.96. The molecule has 0 heterocycles. The summed E-state index contributed by atoms with van der Waals surface area (Å²) in [7, 11) is 0.